The Hall–Kier alpha value is -4.45. The standard InChI is InChI=1S/C39H54N6O5/c1-40-23-11-25-45(50-3)38(47)32-17-19-33(20-18-32)41-24-9-5-8-16-36(46)43(2)28-29-44-26-21-31(22-27-44)35-15-10-14-34(37(35)42-39(48)49)30-12-6-4-7-13-30/h4,6-7,10,12-15,17-20,31,40-42H,5,8-9,11,16,21-29H2,1-3H3,(H,48,49). The zero-order valence-electron chi connectivity index (χ0n) is 29.8. The molecule has 1 aliphatic rings. The lowest BCUT2D eigenvalue weighted by atomic mass is 9.86. The summed E-state index contributed by atoms with van der Waals surface area (Å²) in [6.07, 6.45) is 4.91. The van der Waals surface area contributed by atoms with Gasteiger partial charge in [0.2, 0.25) is 5.91 Å². The Balaban J connectivity index is 1.12. The molecule has 4 rings (SSSR count). The van der Waals surface area contributed by atoms with Crippen LogP contribution in [0.25, 0.3) is 11.1 Å². The lowest BCUT2D eigenvalue weighted by Crippen LogP contribution is -2.40. The van der Waals surface area contributed by atoms with E-state index in [4.69, 9.17) is 4.84 Å². The lowest BCUT2D eigenvalue weighted by Gasteiger charge is -2.34. The molecule has 3 amide bonds. The monoisotopic (exact) mass is 686 g/mol. The molecule has 1 fully saturated rings. The minimum absolute atomic E-state index is 0.152. The minimum Gasteiger partial charge on any atom is -0.465 e. The summed E-state index contributed by atoms with van der Waals surface area (Å²) in [7, 11) is 5.28. The molecule has 1 heterocycles. The van der Waals surface area contributed by atoms with Crippen molar-refractivity contribution in [3.63, 3.8) is 0 Å². The first-order chi connectivity index (χ1) is 24.3. The maximum absolute atomic E-state index is 12.8. The van der Waals surface area contributed by atoms with E-state index in [-0.39, 0.29) is 17.7 Å². The molecule has 0 aliphatic carbocycles. The zero-order valence-corrected chi connectivity index (χ0v) is 29.8. The van der Waals surface area contributed by atoms with Crippen molar-refractivity contribution in [1.29, 1.82) is 0 Å². The van der Waals surface area contributed by atoms with Gasteiger partial charge in [0.25, 0.3) is 5.91 Å². The Morgan fingerprint density at radius 1 is 0.880 bits per heavy atom. The number of hydroxylamine groups is 2. The van der Waals surface area contributed by atoms with Crippen molar-refractivity contribution < 1.29 is 24.3 Å². The van der Waals surface area contributed by atoms with Gasteiger partial charge in [-0.2, -0.15) is 0 Å². The Labute approximate surface area is 296 Å². The van der Waals surface area contributed by atoms with Crippen LogP contribution in [0.1, 0.15) is 66.8 Å². The number of likely N-dealkylation sites (N-methyl/N-ethyl adjacent to an activating group) is 1. The number of carboxylic acid groups (broad SMARTS) is 1. The van der Waals surface area contributed by atoms with E-state index in [1.807, 2.05) is 91.8 Å². The quantitative estimate of drug-likeness (QED) is 0.0848. The predicted octanol–water partition coefficient (Wildman–Crippen LogP) is 6.37. The van der Waals surface area contributed by atoms with Crippen LogP contribution in [0.2, 0.25) is 0 Å². The molecule has 3 aromatic carbocycles. The largest absolute Gasteiger partial charge is 0.465 e. The van der Waals surface area contributed by atoms with Crippen LogP contribution in [0.15, 0.2) is 72.8 Å². The topological polar surface area (TPSA) is 126 Å². The number of unbranched alkanes of at least 4 members (excludes halogenated alkanes) is 2. The smallest absolute Gasteiger partial charge is 0.409 e. The zero-order chi connectivity index (χ0) is 35.7. The highest BCUT2D eigenvalue weighted by Crippen LogP contribution is 2.39. The van der Waals surface area contributed by atoms with E-state index < -0.39 is 6.09 Å². The predicted molar refractivity (Wildman–Crippen MR) is 200 cm³/mol. The molecule has 1 saturated heterocycles. The summed E-state index contributed by atoms with van der Waals surface area (Å²) in [5.41, 5.74) is 5.16. The van der Waals surface area contributed by atoms with Gasteiger partial charge in [0.05, 0.1) is 19.3 Å². The van der Waals surface area contributed by atoms with E-state index in [9.17, 15) is 19.5 Å². The molecule has 1 aliphatic heterocycles. The second kappa shape index (κ2) is 20.3. The fraction of sp³-hybridized carbons (Fsp3) is 0.462. The lowest BCUT2D eigenvalue weighted by molar-refractivity contribution is -0.130. The molecule has 11 heteroatoms. The summed E-state index contributed by atoms with van der Waals surface area (Å²) in [6.45, 7) is 5.47. The van der Waals surface area contributed by atoms with Crippen molar-refractivity contribution in [2.24, 2.45) is 0 Å². The second-order valence-electron chi connectivity index (χ2n) is 12.9. The van der Waals surface area contributed by atoms with Gasteiger partial charge in [-0.05, 0) is 100 Å². The molecule has 0 unspecified atom stereocenters. The fourth-order valence-corrected chi connectivity index (χ4v) is 6.45. The average molecular weight is 687 g/mol. The van der Waals surface area contributed by atoms with E-state index >= 15 is 0 Å². The number of carbonyl (C=O) groups excluding carboxylic acids is 2. The van der Waals surface area contributed by atoms with Crippen LogP contribution >= 0.6 is 0 Å². The van der Waals surface area contributed by atoms with Gasteiger partial charge in [-0.25, -0.2) is 9.86 Å². The molecule has 270 valence electrons. The van der Waals surface area contributed by atoms with E-state index in [0.717, 1.165) is 93.6 Å². The van der Waals surface area contributed by atoms with Crippen LogP contribution in [-0.2, 0) is 9.63 Å². The van der Waals surface area contributed by atoms with E-state index in [1.54, 1.807) is 0 Å². The summed E-state index contributed by atoms with van der Waals surface area (Å²) >= 11 is 0. The number of amides is 3. The maximum atomic E-state index is 12.8. The third-order valence-electron chi connectivity index (χ3n) is 9.38. The van der Waals surface area contributed by atoms with Crippen LogP contribution in [-0.4, -0.2) is 105 Å². The Morgan fingerprint density at radius 2 is 1.62 bits per heavy atom. The van der Waals surface area contributed by atoms with Crippen LogP contribution in [0, 0.1) is 0 Å². The van der Waals surface area contributed by atoms with Crippen molar-refractivity contribution in [2.75, 3.05) is 77.7 Å². The number of nitrogens with zero attached hydrogens (tertiary/aromatic N) is 3. The van der Waals surface area contributed by atoms with Crippen molar-refractivity contribution in [3.8, 4) is 11.1 Å². The molecule has 0 radical (unpaired) electrons. The first-order valence-electron chi connectivity index (χ1n) is 17.8. The first kappa shape index (κ1) is 38.4. The van der Waals surface area contributed by atoms with E-state index in [1.165, 1.54) is 12.2 Å². The Morgan fingerprint density at radius 3 is 2.30 bits per heavy atom. The van der Waals surface area contributed by atoms with Gasteiger partial charge < -0.3 is 25.5 Å². The summed E-state index contributed by atoms with van der Waals surface area (Å²) in [4.78, 5) is 46.7. The summed E-state index contributed by atoms with van der Waals surface area (Å²) in [5, 5.41) is 20.1. The molecule has 0 spiro atoms. The molecular formula is C39H54N6O5. The molecule has 50 heavy (non-hydrogen) atoms. The number of hydrogen-bond acceptors (Lipinski definition) is 7. The van der Waals surface area contributed by atoms with E-state index in [2.05, 4.69) is 20.9 Å². The number of para-hydroxylation sites is 1. The molecule has 0 bridgehead atoms. The SMILES string of the molecule is CNCCCN(OC)C(=O)c1ccc(NCCCCCC(=O)N(C)CCN2CCC(c3cccc(-c4ccccc4)c3NC(=O)O)CC2)cc1. The number of nitrogens with one attached hydrogen (secondary N) is 3. The second-order valence-corrected chi connectivity index (χ2v) is 12.9. The number of rotatable bonds is 19. The van der Waals surface area contributed by atoms with Gasteiger partial charge in [0, 0.05) is 49.9 Å². The summed E-state index contributed by atoms with van der Waals surface area (Å²) < 4.78 is 0. The van der Waals surface area contributed by atoms with Gasteiger partial charge in [0.15, 0.2) is 0 Å². The summed E-state index contributed by atoms with van der Waals surface area (Å²) in [6, 6.07) is 23.4. The molecule has 11 nitrogen and oxygen atoms in total. The number of benzene rings is 3. The van der Waals surface area contributed by atoms with Gasteiger partial charge in [-0.15, -0.1) is 0 Å². The van der Waals surface area contributed by atoms with Crippen molar-refractivity contribution >= 4 is 29.3 Å². The van der Waals surface area contributed by atoms with Crippen LogP contribution in [0.3, 0.4) is 0 Å². The van der Waals surface area contributed by atoms with Gasteiger partial charge >= 0.3 is 6.09 Å². The van der Waals surface area contributed by atoms with Crippen molar-refractivity contribution in [1.82, 2.24) is 20.2 Å². The van der Waals surface area contributed by atoms with Crippen LogP contribution < -0.4 is 16.0 Å². The number of piperidine rings is 1. The van der Waals surface area contributed by atoms with Crippen molar-refractivity contribution in [3.05, 3.63) is 83.9 Å². The van der Waals surface area contributed by atoms with Gasteiger partial charge in [-0.3, -0.25) is 19.7 Å². The third-order valence-corrected chi connectivity index (χ3v) is 9.38. The van der Waals surface area contributed by atoms with Gasteiger partial charge in [0.1, 0.15) is 0 Å². The molecule has 3 aromatic rings. The minimum atomic E-state index is -1.06. The Kier molecular flexibility index (Phi) is 15.6. The van der Waals surface area contributed by atoms with Crippen LogP contribution in [0.5, 0.6) is 0 Å². The molecule has 4 N–H and O–H groups in total. The normalized spacial score (nSPS) is 13.5. The third kappa shape index (κ3) is 11.6. The number of anilines is 2. The van der Waals surface area contributed by atoms with Crippen molar-refractivity contribution in [2.45, 2.75) is 50.9 Å². The molecule has 0 atom stereocenters. The number of carbonyl (C=O) groups is 3. The molecule has 0 saturated carbocycles. The maximum Gasteiger partial charge on any atom is 0.409 e. The average Bonchev–Trinajstić information content (AvgIpc) is 3.14. The number of likely N-dealkylation sites (tertiary alicyclic amines) is 1. The highest BCUT2D eigenvalue weighted by Gasteiger charge is 2.25. The number of hydrogen-bond donors (Lipinski definition) is 4. The molecule has 0 aromatic heterocycles. The Bertz CT molecular complexity index is 1490. The molecular weight excluding hydrogens is 632 g/mol. The summed E-state index contributed by atoms with van der Waals surface area (Å²) in [5.74, 6) is 0.284. The van der Waals surface area contributed by atoms with Gasteiger partial charge in [-0.1, -0.05) is 55.0 Å². The fourth-order valence-electron chi connectivity index (χ4n) is 6.45. The first-order valence-corrected chi connectivity index (χ1v) is 17.8. The van der Waals surface area contributed by atoms with Crippen LogP contribution in [0.4, 0.5) is 16.2 Å². The van der Waals surface area contributed by atoms with E-state index in [0.29, 0.717) is 30.8 Å². The highest BCUT2D eigenvalue weighted by molar-refractivity contribution is 5.94. The highest BCUT2D eigenvalue weighted by atomic mass is 16.7.